The molecule has 2 nitrogen and oxygen atoms in total. The van der Waals surface area contributed by atoms with E-state index in [2.05, 4.69) is 0 Å². The summed E-state index contributed by atoms with van der Waals surface area (Å²) in [6, 6.07) is 7.03. The van der Waals surface area contributed by atoms with Crippen LogP contribution in [0.5, 0.6) is 0 Å². The molecule has 2 rings (SSSR count). The molecule has 1 aromatic carbocycles. The number of halogens is 3. The van der Waals surface area contributed by atoms with Crippen molar-refractivity contribution in [2.24, 2.45) is 0 Å². The predicted molar refractivity (Wildman–Crippen MR) is 76.1 cm³/mol. The van der Waals surface area contributed by atoms with Crippen LogP contribution in [0.1, 0.15) is 49.8 Å². The van der Waals surface area contributed by atoms with Crippen LogP contribution < -0.4 is 0 Å². The van der Waals surface area contributed by atoms with Crippen LogP contribution in [0, 0.1) is 0 Å². The van der Waals surface area contributed by atoms with E-state index in [1.54, 1.807) is 0 Å². The van der Waals surface area contributed by atoms with E-state index in [0.717, 1.165) is 11.1 Å². The van der Waals surface area contributed by atoms with E-state index in [4.69, 9.17) is 0 Å². The second kappa shape index (κ2) is 6.36. The lowest BCUT2D eigenvalue weighted by Gasteiger charge is -2.41. The van der Waals surface area contributed by atoms with Crippen LogP contribution in [0.25, 0.3) is 0 Å². The average Bonchev–Trinajstić information content (AvgIpc) is 2.41. The van der Waals surface area contributed by atoms with Crippen LogP contribution in [0.2, 0.25) is 0 Å². The maximum absolute atomic E-state index is 12.8. The van der Waals surface area contributed by atoms with Crippen molar-refractivity contribution in [2.75, 3.05) is 13.1 Å². The van der Waals surface area contributed by atoms with Crippen molar-refractivity contribution in [3.05, 3.63) is 35.4 Å². The van der Waals surface area contributed by atoms with E-state index < -0.39 is 24.9 Å². The van der Waals surface area contributed by atoms with Gasteiger partial charge in [0.25, 0.3) is 0 Å². The molecule has 0 saturated carbocycles. The zero-order valence-corrected chi connectivity index (χ0v) is 12.4. The van der Waals surface area contributed by atoms with Crippen LogP contribution >= 0.6 is 0 Å². The fourth-order valence-corrected chi connectivity index (χ4v) is 3.28. The molecule has 118 valence electrons. The van der Waals surface area contributed by atoms with Gasteiger partial charge in [-0.05, 0) is 36.4 Å². The molecule has 1 aromatic rings. The molecule has 5 heteroatoms. The number of rotatable bonds is 4. The van der Waals surface area contributed by atoms with E-state index in [1.165, 1.54) is 4.90 Å². The van der Waals surface area contributed by atoms with E-state index in [1.807, 2.05) is 38.1 Å². The van der Waals surface area contributed by atoms with Crippen LogP contribution in [0.4, 0.5) is 13.2 Å². The van der Waals surface area contributed by atoms with Crippen LogP contribution in [-0.4, -0.2) is 35.3 Å². The largest absolute Gasteiger partial charge is 0.401 e. The molecule has 0 radical (unpaired) electrons. The Morgan fingerprint density at radius 3 is 2.43 bits per heavy atom. The standard InChI is InChI=1S/C16H22F3NO/c1-3-8-20(10-16(17,18)19)14-9-11(2)12-6-4-5-7-13(12)15(14)21/h4-7,11,14-15,21H,3,8-10H2,1-2H3. The van der Waals surface area contributed by atoms with Gasteiger partial charge in [0, 0.05) is 6.04 Å². The molecule has 3 atom stereocenters. The Morgan fingerprint density at radius 2 is 1.86 bits per heavy atom. The van der Waals surface area contributed by atoms with Crippen molar-refractivity contribution in [1.29, 1.82) is 0 Å². The SMILES string of the molecule is CCCN(CC(F)(F)F)C1CC(C)c2ccccc2C1O. The molecule has 0 spiro atoms. The Labute approximate surface area is 123 Å². The molecule has 0 bridgehead atoms. The van der Waals surface area contributed by atoms with Crippen molar-refractivity contribution in [1.82, 2.24) is 4.90 Å². The average molecular weight is 301 g/mol. The molecule has 1 N–H and O–H groups in total. The van der Waals surface area contributed by atoms with Gasteiger partial charge in [0.05, 0.1) is 12.6 Å². The summed E-state index contributed by atoms with van der Waals surface area (Å²) in [5, 5.41) is 10.5. The van der Waals surface area contributed by atoms with Gasteiger partial charge in [0.15, 0.2) is 0 Å². The summed E-state index contributed by atoms with van der Waals surface area (Å²) in [6.45, 7) is 3.25. The molecule has 0 saturated heterocycles. The highest BCUT2D eigenvalue weighted by Crippen LogP contribution is 2.40. The molecule has 1 aliphatic carbocycles. The molecule has 1 aliphatic rings. The van der Waals surface area contributed by atoms with Crippen molar-refractivity contribution < 1.29 is 18.3 Å². The lowest BCUT2D eigenvalue weighted by Crippen LogP contribution is -2.47. The molecule has 21 heavy (non-hydrogen) atoms. The Hall–Kier alpha value is -1.07. The molecule has 0 amide bonds. The molecular formula is C16H22F3NO. The molecular weight excluding hydrogens is 279 g/mol. The number of benzene rings is 1. The fourth-order valence-electron chi connectivity index (χ4n) is 3.28. The van der Waals surface area contributed by atoms with Gasteiger partial charge in [-0.3, -0.25) is 4.90 Å². The van der Waals surface area contributed by atoms with Crippen LogP contribution in [0.15, 0.2) is 24.3 Å². The molecule has 0 heterocycles. The third-order valence-electron chi connectivity index (χ3n) is 4.17. The summed E-state index contributed by atoms with van der Waals surface area (Å²) < 4.78 is 38.3. The third-order valence-corrected chi connectivity index (χ3v) is 4.17. The summed E-state index contributed by atoms with van der Waals surface area (Å²) in [6.07, 6.45) is -3.91. The van der Waals surface area contributed by atoms with E-state index in [0.29, 0.717) is 19.4 Å². The lowest BCUT2D eigenvalue weighted by atomic mass is 9.78. The Bertz CT molecular complexity index is 475. The maximum atomic E-state index is 12.8. The lowest BCUT2D eigenvalue weighted by molar-refractivity contribution is -0.157. The van der Waals surface area contributed by atoms with Gasteiger partial charge in [-0.1, -0.05) is 38.1 Å². The predicted octanol–water partition coefficient (Wildman–Crippen LogP) is 3.87. The van der Waals surface area contributed by atoms with E-state index >= 15 is 0 Å². The van der Waals surface area contributed by atoms with Gasteiger partial charge in [0.1, 0.15) is 0 Å². The van der Waals surface area contributed by atoms with E-state index in [9.17, 15) is 18.3 Å². The highest BCUT2D eigenvalue weighted by Gasteiger charge is 2.39. The van der Waals surface area contributed by atoms with Gasteiger partial charge in [0.2, 0.25) is 0 Å². The first kappa shape index (κ1) is 16.3. The smallest absolute Gasteiger partial charge is 0.387 e. The number of aliphatic hydroxyl groups excluding tert-OH is 1. The number of hydrogen-bond acceptors (Lipinski definition) is 2. The minimum absolute atomic E-state index is 0.155. The van der Waals surface area contributed by atoms with Crippen molar-refractivity contribution in [3.63, 3.8) is 0 Å². The fraction of sp³-hybridized carbons (Fsp3) is 0.625. The maximum Gasteiger partial charge on any atom is 0.401 e. The van der Waals surface area contributed by atoms with Crippen molar-refractivity contribution in [2.45, 2.75) is 50.9 Å². The van der Waals surface area contributed by atoms with Gasteiger partial charge in [-0.25, -0.2) is 0 Å². The topological polar surface area (TPSA) is 23.5 Å². The first-order chi connectivity index (χ1) is 9.83. The minimum Gasteiger partial charge on any atom is -0.387 e. The minimum atomic E-state index is -4.24. The molecule has 3 unspecified atom stereocenters. The van der Waals surface area contributed by atoms with E-state index in [-0.39, 0.29) is 5.92 Å². The quantitative estimate of drug-likeness (QED) is 0.912. The van der Waals surface area contributed by atoms with Crippen molar-refractivity contribution >= 4 is 0 Å². The first-order valence-electron chi connectivity index (χ1n) is 7.41. The monoisotopic (exact) mass is 301 g/mol. The zero-order valence-electron chi connectivity index (χ0n) is 12.4. The molecule has 0 aliphatic heterocycles. The summed E-state index contributed by atoms with van der Waals surface area (Å²) in [7, 11) is 0. The Kier molecular flexibility index (Phi) is 4.94. The number of hydrogen-bond donors (Lipinski definition) is 1. The number of fused-ring (bicyclic) bond motifs is 1. The molecule has 0 fully saturated rings. The number of alkyl halides is 3. The summed E-state index contributed by atoms with van der Waals surface area (Å²) in [4.78, 5) is 1.39. The summed E-state index contributed by atoms with van der Waals surface area (Å²) in [5.41, 5.74) is 1.81. The van der Waals surface area contributed by atoms with Gasteiger partial charge >= 0.3 is 6.18 Å². The highest BCUT2D eigenvalue weighted by molar-refractivity contribution is 5.35. The second-order valence-corrected chi connectivity index (χ2v) is 5.86. The zero-order chi connectivity index (χ0) is 15.6. The summed E-state index contributed by atoms with van der Waals surface area (Å²) >= 11 is 0. The van der Waals surface area contributed by atoms with Gasteiger partial charge < -0.3 is 5.11 Å². The van der Waals surface area contributed by atoms with Crippen LogP contribution in [0.3, 0.4) is 0 Å². The van der Waals surface area contributed by atoms with Gasteiger partial charge in [-0.2, -0.15) is 13.2 Å². The Balaban J connectivity index is 2.26. The Morgan fingerprint density at radius 1 is 1.24 bits per heavy atom. The second-order valence-electron chi connectivity index (χ2n) is 5.86. The highest BCUT2D eigenvalue weighted by atomic mass is 19.4. The normalized spacial score (nSPS) is 26.0. The van der Waals surface area contributed by atoms with Crippen LogP contribution in [-0.2, 0) is 0 Å². The number of aliphatic hydroxyl groups is 1. The van der Waals surface area contributed by atoms with Crippen molar-refractivity contribution in [3.8, 4) is 0 Å². The van der Waals surface area contributed by atoms with Gasteiger partial charge in [-0.15, -0.1) is 0 Å². The number of nitrogens with zero attached hydrogens (tertiary/aromatic N) is 1. The first-order valence-corrected chi connectivity index (χ1v) is 7.41. The third kappa shape index (κ3) is 3.77. The molecule has 0 aromatic heterocycles. The summed E-state index contributed by atoms with van der Waals surface area (Å²) in [5.74, 6) is 0.155.